The van der Waals surface area contributed by atoms with Gasteiger partial charge >= 0.3 is 35.5 Å². The molecule has 0 saturated carbocycles. The van der Waals surface area contributed by atoms with E-state index in [1.165, 1.54) is 28.6 Å². The second-order valence-electron chi connectivity index (χ2n) is 0.354. The van der Waals surface area contributed by atoms with Crippen LogP contribution in [0.25, 0.3) is 0 Å². The molecule has 0 amide bonds. The van der Waals surface area contributed by atoms with Crippen LogP contribution in [0.1, 0.15) is 6.92 Å². The van der Waals surface area contributed by atoms with Crippen molar-refractivity contribution in [2.24, 2.45) is 0 Å². The first kappa shape index (κ1) is 23.9. The van der Waals surface area contributed by atoms with Crippen LogP contribution in [0.3, 0.4) is 0 Å². The van der Waals surface area contributed by atoms with Crippen molar-refractivity contribution in [1.82, 2.24) is 0 Å². The Balaban J connectivity index is -0.00000000667. The van der Waals surface area contributed by atoms with Gasteiger partial charge in [-0.15, -0.1) is 50.9 Å². The maximum atomic E-state index is 2.19. The Morgan fingerprint density at radius 1 is 1.17 bits per heavy atom. The van der Waals surface area contributed by atoms with Crippen molar-refractivity contribution in [1.29, 1.82) is 0 Å². The fraction of sp³-hybridized carbons (Fsp3) is 1.00. The molecular formula is C2H8Br3Hf. The monoisotopic (exact) mass is 449 g/mol. The van der Waals surface area contributed by atoms with Gasteiger partial charge < -0.3 is 0 Å². The summed E-state index contributed by atoms with van der Waals surface area (Å²) in [6.45, 7) is 2.19. The molecule has 6 heavy (non-hydrogen) atoms. The molecule has 0 bridgehead atoms. The van der Waals surface area contributed by atoms with Gasteiger partial charge in [-0.2, -0.15) is 0 Å². The molecule has 0 aliphatic heterocycles. The van der Waals surface area contributed by atoms with Crippen LogP contribution in [0.2, 0.25) is 4.18 Å². The van der Waals surface area contributed by atoms with Gasteiger partial charge in [-0.25, -0.2) is 0 Å². The molecule has 0 nitrogen and oxygen atoms in total. The van der Waals surface area contributed by atoms with Crippen LogP contribution in [0, 0.1) is 0 Å². The van der Waals surface area contributed by atoms with Crippen molar-refractivity contribution in [3.05, 3.63) is 0 Å². The third-order valence-corrected chi connectivity index (χ3v) is 0. The molecule has 0 N–H and O–H groups in total. The molecule has 0 radical (unpaired) electrons. The van der Waals surface area contributed by atoms with Crippen molar-refractivity contribution in [3.8, 4) is 0 Å². The van der Waals surface area contributed by atoms with E-state index >= 15 is 0 Å². The van der Waals surface area contributed by atoms with Crippen molar-refractivity contribution in [2.75, 3.05) is 0 Å². The van der Waals surface area contributed by atoms with E-state index in [1.807, 2.05) is 0 Å². The summed E-state index contributed by atoms with van der Waals surface area (Å²) in [7, 11) is 0. The molecule has 0 aromatic rings. The molecule has 4 heteroatoms. The summed E-state index contributed by atoms with van der Waals surface area (Å²) in [5, 5.41) is 0. The number of hydrogen-bond acceptors (Lipinski definition) is 0. The van der Waals surface area contributed by atoms with E-state index in [0.29, 0.717) is 0 Å². The van der Waals surface area contributed by atoms with Crippen LogP contribution in [0.5, 0.6) is 0 Å². The molecule has 0 spiro atoms. The van der Waals surface area contributed by atoms with Gasteiger partial charge in [-0.05, 0) is 0 Å². The third kappa shape index (κ3) is 33.3. The summed E-state index contributed by atoms with van der Waals surface area (Å²) < 4.78 is 1.39. The molecule has 0 aromatic heterocycles. The fourth-order valence-electron chi connectivity index (χ4n) is 0. The molecule has 0 aromatic carbocycles. The van der Waals surface area contributed by atoms with Gasteiger partial charge in [0.05, 0.1) is 0 Å². The quantitative estimate of drug-likeness (QED) is 0.498. The minimum atomic E-state index is 0. The summed E-state index contributed by atoms with van der Waals surface area (Å²) >= 11 is 1.37. The Morgan fingerprint density at radius 2 is 1.17 bits per heavy atom. The van der Waals surface area contributed by atoms with Crippen molar-refractivity contribution in [2.45, 2.75) is 11.1 Å². The molecule has 0 aliphatic rings. The van der Waals surface area contributed by atoms with Gasteiger partial charge in [0.25, 0.3) is 0 Å². The second kappa shape index (κ2) is 26.6. The van der Waals surface area contributed by atoms with Crippen molar-refractivity contribution < 1.29 is 24.4 Å². The van der Waals surface area contributed by atoms with E-state index < -0.39 is 0 Å². The average molecular weight is 450 g/mol. The van der Waals surface area contributed by atoms with Crippen LogP contribution < -0.4 is 0 Å². The van der Waals surface area contributed by atoms with Gasteiger partial charge in [0.1, 0.15) is 0 Å². The van der Waals surface area contributed by atoms with Crippen LogP contribution >= 0.6 is 50.9 Å². The van der Waals surface area contributed by atoms with Gasteiger partial charge in [-0.1, -0.05) is 0 Å². The van der Waals surface area contributed by atoms with Crippen LogP contribution in [0.15, 0.2) is 0 Å². The number of halogens is 3. The first-order valence-electron chi connectivity index (χ1n) is 1.06. The Bertz CT molecular complexity index is 8.75. The van der Waals surface area contributed by atoms with E-state index in [9.17, 15) is 0 Å². The summed E-state index contributed by atoms with van der Waals surface area (Å²) in [5.74, 6) is 0. The van der Waals surface area contributed by atoms with E-state index in [-0.39, 0.29) is 50.9 Å². The van der Waals surface area contributed by atoms with Crippen molar-refractivity contribution in [3.63, 3.8) is 0 Å². The Labute approximate surface area is 85.3 Å². The summed E-state index contributed by atoms with van der Waals surface area (Å²) in [6, 6.07) is 0. The first-order chi connectivity index (χ1) is 1.41. The molecule has 0 aliphatic carbocycles. The fourth-order valence-corrected chi connectivity index (χ4v) is 0. The number of hydrogen-bond donors (Lipinski definition) is 0. The zero-order valence-corrected chi connectivity index (χ0v) is 12.2. The molecule has 0 saturated heterocycles. The molecular weight excluding hydrogens is 442 g/mol. The number of rotatable bonds is 0. The van der Waals surface area contributed by atoms with E-state index in [4.69, 9.17) is 0 Å². The average Bonchev–Trinajstić information content (AvgIpc) is 0.918. The predicted octanol–water partition coefficient (Wildman–Crippen LogP) is 2.71. The molecule has 0 fully saturated rings. The minimum absolute atomic E-state index is 0. The van der Waals surface area contributed by atoms with Crippen LogP contribution in [-0.4, -0.2) is 0 Å². The van der Waals surface area contributed by atoms with E-state index in [2.05, 4.69) is 6.92 Å². The molecule has 0 unspecified atom stereocenters. The summed E-state index contributed by atoms with van der Waals surface area (Å²) in [6.07, 6.45) is 0. The topological polar surface area (TPSA) is 0 Å². The van der Waals surface area contributed by atoms with Gasteiger partial charge in [0.15, 0.2) is 0 Å². The normalized spacial score (nSPS) is 2.67. The summed E-state index contributed by atoms with van der Waals surface area (Å²) in [4.78, 5) is 0. The molecule has 0 atom stereocenters. The SMILES string of the molecule is Br.Br.Br.C[CH2][Hf]. The zero-order valence-electron chi connectivity index (χ0n) is 3.43. The molecule has 0 rings (SSSR count). The van der Waals surface area contributed by atoms with Gasteiger partial charge in [0.2, 0.25) is 0 Å². The van der Waals surface area contributed by atoms with Crippen LogP contribution in [-0.2, 0) is 24.4 Å². The second-order valence-corrected chi connectivity index (χ2v) is 2.89. The zero-order chi connectivity index (χ0) is 2.71. The maximum absolute atomic E-state index is 2.19. The Morgan fingerprint density at radius 3 is 1.17 bits per heavy atom. The van der Waals surface area contributed by atoms with Gasteiger partial charge in [0, 0.05) is 0 Å². The Kier molecular flexibility index (Phi) is 106. The predicted molar refractivity (Wildman–Crippen MR) is 41.4 cm³/mol. The standard InChI is InChI=1S/C2H5.3BrH.Hf/c1-2;;;;/h1H2,2H3;3*1H;. The van der Waals surface area contributed by atoms with Crippen molar-refractivity contribution >= 4 is 50.9 Å². The van der Waals surface area contributed by atoms with E-state index in [0.717, 1.165) is 0 Å². The summed E-state index contributed by atoms with van der Waals surface area (Å²) in [5.41, 5.74) is 0. The third-order valence-electron chi connectivity index (χ3n) is 0. The Hall–Kier alpha value is 2.31. The first-order valence-corrected chi connectivity index (χ1v) is 3.60. The molecule has 0 heterocycles. The van der Waals surface area contributed by atoms with E-state index in [1.54, 1.807) is 0 Å². The van der Waals surface area contributed by atoms with Crippen LogP contribution in [0.4, 0.5) is 0 Å². The molecule has 41 valence electrons. The van der Waals surface area contributed by atoms with Gasteiger partial charge in [-0.3, -0.25) is 0 Å².